The van der Waals surface area contributed by atoms with Crippen molar-refractivity contribution in [2.24, 2.45) is 5.16 Å². The van der Waals surface area contributed by atoms with Crippen molar-refractivity contribution >= 4 is 23.2 Å². The maximum absolute atomic E-state index is 12.6. The standard InChI is InChI=1S/C32H40N4O3/c1-23(2)25-12-14-26(15-13-25)35-18-16-27(17-19-35)36-30-11-7-6-10-28(30)29(20-34-38)31(36)21-33-32(37)39-22-24-8-4-3-5-9-24/h3-11,20,26-27,38H,12-19,21-22H2,1-2H3,(H,33,37)/b34-20-. The normalized spacial score (nSPS) is 19.0. The van der Waals surface area contributed by atoms with Crippen molar-refractivity contribution in [2.75, 3.05) is 13.1 Å². The van der Waals surface area contributed by atoms with Gasteiger partial charge in [-0.25, -0.2) is 4.79 Å². The van der Waals surface area contributed by atoms with Crippen LogP contribution < -0.4 is 5.32 Å². The van der Waals surface area contributed by atoms with Gasteiger partial charge in [0.1, 0.15) is 6.61 Å². The molecular formula is C32H40N4O3. The zero-order chi connectivity index (χ0) is 27.2. The summed E-state index contributed by atoms with van der Waals surface area (Å²) in [4.78, 5) is 15.3. The number of rotatable bonds is 7. The Bertz CT molecular complexity index is 1320. The van der Waals surface area contributed by atoms with Gasteiger partial charge in [-0.05, 0) is 64.0 Å². The van der Waals surface area contributed by atoms with Crippen LogP contribution in [-0.2, 0) is 17.9 Å². The van der Waals surface area contributed by atoms with E-state index in [1.165, 1.54) is 37.5 Å². The number of allylic oxidation sites excluding steroid dienone is 2. The number of carbonyl (C=O) groups is 1. The summed E-state index contributed by atoms with van der Waals surface area (Å²) in [5, 5.41) is 16.8. The van der Waals surface area contributed by atoms with E-state index in [-0.39, 0.29) is 13.2 Å². The summed E-state index contributed by atoms with van der Waals surface area (Å²) >= 11 is 0. The number of carbonyl (C=O) groups excluding carboxylic acids is 1. The van der Waals surface area contributed by atoms with Crippen molar-refractivity contribution in [1.82, 2.24) is 14.8 Å². The second-order valence-corrected chi connectivity index (χ2v) is 11.0. The molecule has 5 rings (SSSR count). The maximum Gasteiger partial charge on any atom is 0.407 e. The van der Waals surface area contributed by atoms with Crippen LogP contribution in [0.25, 0.3) is 10.9 Å². The molecule has 0 bridgehead atoms. The Morgan fingerprint density at radius 3 is 2.38 bits per heavy atom. The summed E-state index contributed by atoms with van der Waals surface area (Å²) in [5.74, 6) is 0. The topological polar surface area (TPSA) is 79.1 Å². The van der Waals surface area contributed by atoms with Gasteiger partial charge < -0.3 is 24.7 Å². The second kappa shape index (κ2) is 12.5. The van der Waals surface area contributed by atoms with E-state index < -0.39 is 6.09 Å². The van der Waals surface area contributed by atoms with E-state index in [4.69, 9.17) is 4.74 Å². The third-order valence-electron chi connectivity index (χ3n) is 8.50. The smallest absolute Gasteiger partial charge is 0.407 e. The van der Waals surface area contributed by atoms with E-state index in [0.29, 0.717) is 12.1 Å². The summed E-state index contributed by atoms with van der Waals surface area (Å²) in [6, 6.07) is 18.9. The number of hydrogen-bond donors (Lipinski definition) is 2. The van der Waals surface area contributed by atoms with Crippen molar-refractivity contribution in [1.29, 1.82) is 0 Å². The van der Waals surface area contributed by atoms with Crippen molar-refractivity contribution in [2.45, 2.75) is 77.6 Å². The molecule has 7 heteroatoms. The number of oxime groups is 1. The van der Waals surface area contributed by atoms with Gasteiger partial charge in [0.15, 0.2) is 0 Å². The van der Waals surface area contributed by atoms with E-state index in [2.05, 4.69) is 45.9 Å². The average Bonchev–Trinajstić information content (AvgIpc) is 3.29. The molecule has 206 valence electrons. The van der Waals surface area contributed by atoms with E-state index in [1.54, 1.807) is 5.57 Å². The van der Waals surface area contributed by atoms with Crippen LogP contribution in [-0.4, -0.2) is 46.1 Å². The molecule has 0 spiro atoms. The van der Waals surface area contributed by atoms with E-state index in [1.807, 2.05) is 42.5 Å². The maximum atomic E-state index is 12.6. The first kappa shape index (κ1) is 27.0. The lowest BCUT2D eigenvalue weighted by molar-refractivity contribution is 0.116. The average molecular weight is 529 g/mol. The summed E-state index contributed by atoms with van der Waals surface area (Å²) in [7, 11) is 0. The molecule has 2 aliphatic rings. The van der Waals surface area contributed by atoms with Gasteiger partial charge in [-0.1, -0.05) is 64.8 Å². The zero-order valence-electron chi connectivity index (χ0n) is 23.1. The van der Waals surface area contributed by atoms with Crippen molar-refractivity contribution in [3.05, 3.63) is 82.6 Å². The minimum atomic E-state index is -0.467. The van der Waals surface area contributed by atoms with E-state index >= 15 is 0 Å². The molecule has 0 unspecified atom stereocenters. The molecule has 2 N–H and O–H groups in total. The molecule has 1 amide bonds. The first-order valence-electron chi connectivity index (χ1n) is 14.2. The highest BCUT2D eigenvalue weighted by Crippen LogP contribution is 2.36. The molecule has 2 fully saturated rings. The SMILES string of the molecule is CC(C)=C1CCC(N2CCC(n3c(CNC(=O)OCc4ccccc4)c(/C=N\O)c4ccccc43)CC2)CC1. The van der Waals surface area contributed by atoms with Gasteiger partial charge in [0.05, 0.1) is 12.8 Å². The number of ether oxygens (including phenoxy) is 1. The van der Waals surface area contributed by atoms with Crippen LogP contribution in [0.15, 0.2) is 70.9 Å². The largest absolute Gasteiger partial charge is 0.445 e. The van der Waals surface area contributed by atoms with Crippen LogP contribution in [0.4, 0.5) is 4.79 Å². The fourth-order valence-electron chi connectivity index (χ4n) is 6.40. The van der Waals surface area contributed by atoms with Crippen LogP contribution in [0.3, 0.4) is 0 Å². The molecule has 39 heavy (non-hydrogen) atoms. The van der Waals surface area contributed by atoms with E-state index in [9.17, 15) is 10.0 Å². The Labute approximate surface area is 231 Å². The number of hydrogen-bond acceptors (Lipinski definition) is 5. The van der Waals surface area contributed by atoms with Crippen LogP contribution in [0.2, 0.25) is 0 Å². The first-order valence-corrected chi connectivity index (χ1v) is 14.2. The molecule has 0 radical (unpaired) electrons. The summed E-state index contributed by atoms with van der Waals surface area (Å²) in [6.07, 6.45) is 8.10. The number of nitrogens with one attached hydrogen (secondary N) is 1. The summed E-state index contributed by atoms with van der Waals surface area (Å²) in [5.41, 5.74) is 6.97. The highest BCUT2D eigenvalue weighted by atomic mass is 16.5. The number of piperidine rings is 1. The quantitative estimate of drug-likeness (QED) is 0.153. The van der Waals surface area contributed by atoms with Crippen molar-refractivity contribution < 1.29 is 14.7 Å². The third kappa shape index (κ3) is 6.19. The lowest BCUT2D eigenvalue weighted by Crippen LogP contribution is -2.43. The molecule has 1 aromatic heterocycles. The van der Waals surface area contributed by atoms with Crippen LogP contribution >= 0.6 is 0 Å². The van der Waals surface area contributed by atoms with Crippen LogP contribution in [0.1, 0.15) is 75.2 Å². The first-order chi connectivity index (χ1) is 19.0. The Balaban J connectivity index is 1.31. The van der Waals surface area contributed by atoms with Gasteiger partial charge in [-0.2, -0.15) is 0 Å². The molecule has 1 aliphatic carbocycles. The lowest BCUT2D eigenvalue weighted by Gasteiger charge is -2.40. The molecule has 0 atom stereocenters. The number of alkyl carbamates (subject to hydrolysis) is 1. The molecule has 2 aromatic carbocycles. The third-order valence-corrected chi connectivity index (χ3v) is 8.50. The Morgan fingerprint density at radius 2 is 1.69 bits per heavy atom. The van der Waals surface area contributed by atoms with Gasteiger partial charge in [0, 0.05) is 47.3 Å². The van der Waals surface area contributed by atoms with Gasteiger partial charge in [-0.3, -0.25) is 0 Å². The van der Waals surface area contributed by atoms with Crippen molar-refractivity contribution in [3.63, 3.8) is 0 Å². The number of fused-ring (bicyclic) bond motifs is 1. The number of amides is 1. The number of aromatic nitrogens is 1. The predicted octanol–water partition coefficient (Wildman–Crippen LogP) is 6.79. The van der Waals surface area contributed by atoms with Gasteiger partial charge in [-0.15, -0.1) is 0 Å². The predicted molar refractivity (Wildman–Crippen MR) is 155 cm³/mol. The van der Waals surface area contributed by atoms with Gasteiger partial charge in [0.25, 0.3) is 0 Å². The Kier molecular flexibility index (Phi) is 8.67. The summed E-state index contributed by atoms with van der Waals surface area (Å²) < 4.78 is 7.82. The number of benzene rings is 2. The van der Waals surface area contributed by atoms with E-state index in [0.717, 1.165) is 53.7 Å². The van der Waals surface area contributed by atoms with Crippen molar-refractivity contribution in [3.8, 4) is 0 Å². The summed E-state index contributed by atoms with van der Waals surface area (Å²) in [6.45, 7) is 7.14. The van der Waals surface area contributed by atoms with Gasteiger partial charge in [0.2, 0.25) is 0 Å². The fourth-order valence-corrected chi connectivity index (χ4v) is 6.40. The molecule has 3 aromatic rings. The monoisotopic (exact) mass is 528 g/mol. The molecule has 1 aliphatic heterocycles. The minimum Gasteiger partial charge on any atom is -0.445 e. The molecule has 1 saturated heterocycles. The minimum absolute atomic E-state index is 0.218. The number of likely N-dealkylation sites (tertiary alicyclic amines) is 1. The van der Waals surface area contributed by atoms with Crippen LogP contribution in [0.5, 0.6) is 0 Å². The highest BCUT2D eigenvalue weighted by Gasteiger charge is 2.30. The number of nitrogens with zero attached hydrogens (tertiary/aromatic N) is 3. The lowest BCUT2D eigenvalue weighted by atomic mass is 9.86. The number of para-hydroxylation sites is 1. The highest BCUT2D eigenvalue weighted by molar-refractivity contribution is 6.01. The fraction of sp³-hybridized carbons (Fsp3) is 0.438. The molecule has 1 saturated carbocycles. The molecule has 7 nitrogen and oxygen atoms in total. The Morgan fingerprint density at radius 1 is 1.00 bits per heavy atom. The van der Waals surface area contributed by atoms with Gasteiger partial charge >= 0.3 is 6.09 Å². The zero-order valence-corrected chi connectivity index (χ0v) is 23.1. The molecular weight excluding hydrogens is 488 g/mol. The Hall–Kier alpha value is -3.58. The second-order valence-electron chi connectivity index (χ2n) is 11.0. The van der Waals surface area contributed by atoms with Crippen LogP contribution in [0, 0.1) is 0 Å². The molecule has 2 heterocycles.